The molecule has 0 aliphatic heterocycles. The molecule has 0 aromatic heterocycles. The van der Waals surface area contributed by atoms with Crippen molar-refractivity contribution in [3.63, 3.8) is 0 Å². The lowest BCUT2D eigenvalue weighted by atomic mass is 10.2. The molecule has 0 radical (unpaired) electrons. The quantitative estimate of drug-likeness (QED) is 0.854. The monoisotopic (exact) mass is 290 g/mol. The highest BCUT2D eigenvalue weighted by Gasteiger charge is 2.17. The zero-order valence-corrected chi connectivity index (χ0v) is 12.2. The van der Waals surface area contributed by atoms with E-state index in [9.17, 15) is 8.42 Å². The predicted molar refractivity (Wildman–Crippen MR) is 79.7 cm³/mol. The number of rotatable bonds is 6. The van der Waals surface area contributed by atoms with Crippen molar-refractivity contribution >= 4 is 10.0 Å². The smallest absolute Gasteiger partial charge is 0.241 e. The summed E-state index contributed by atoms with van der Waals surface area (Å²) in [6, 6.07) is 16.5. The van der Waals surface area contributed by atoms with Crippen molar-refractivity contribution < 1.29 is 8.42 Å². The second-order valence-corrected chi connectivity index (χ2v) is 6.18. The molecule has 0 amide bonds. The van der Waals surface area contributed by atoms with Crippen LogP contribution in [0.2, 0.25) is 0 Å². The summed E-state index contributed by atoms with van der Waals surface area (Å²) in [4.78, 5) is 0.324. The third-order valence-corrected chi connectivity index (χ3v) is 4.44. The number of nitrogens with one attached hydrogen (secondary N) is 2. The van der Waals surface area contributed by atoms with Crippen LogP contribution in [0.5, 0.6) is 0 Å². The lowest BCUT2D eigenvalue weighted by Crippen LogP contribution is -2.25. The van der Waals surface area contributed by atoms with Crippen molar-refractivity contribution in [1.82, 2.24) is 10.0 Å². The zero-order chi connectivity index (χ0) is 14.4. The molecular weight excluding hydrogens is 272 g/mol. The van der Waals surface area contributed by atoms with Gasteiger partial charge in [0.05, 0.1) is 4.90 Å². The Balaban J connectivity index is 2.18. The van der Waals surface area contributed by atoms with E-state index in [-0.39, 0.29) is 6.54 Å². The molecule has 106 valence electrons. The van der Waals surface area contributed by atoms with Gasteiger partial charge in [-0.3, -0.25) is 0 Å². The van der Waals surface area contributed by atoms with E-state index in [4.69, 9.17) is 0 Å². The topological polar surface area (TPSA) is 58.2 Å². The number of hydrogen-bond acceptors (Lipinski definition) is 3. The summed E-state index contributed by atoms with van der Waals surface area (Å²) in [5.41, 5.74) is 1.69. The van der Waals surface area contributed by atoms with Gasteiger partial charge in [0.25, 0.3) is 0 Å². The molecule has 0 bridgehead atoms. The number of sulfonamides is 1. The Morgan fingerprint density at radius 3 is 2.25 bits per heavy atom. The molecule has 20 heavy (non-hydrogen) atoms. The molecule has 4 nitrogen and oxygen atoms in total. The summed E-state index contributed by atoms with van der Waals surface area (Å²) in [5, 5.41) is 2.98. The first kappa shape index (κ1) is 14.7. The lowest BCUT2D eigenvalue weighted by molar-refractivity contribution is 0.579. The minimum Gasteiger partial charge on any atom is -0.316 e. The van der Waals surface area contributed by atoms with Crippen molar-refractivity contribution in [1.29, 1.82) is 0 Å². The van der Waals surface area contributed by atoms with Crippen molar-refractivity contribution in [2.75, 3.05) is 7.05 Å². The normalized spacial score (nSPS) is 11.4. The maximum absolute atomic E-state index is 12.4. The molecule has 2 N–H and O–H groups in total. The molecular formula is C15H18N2O2S. The number of benzene rings is 2. The second kappa shape index (κ2) is 6.65. The average molecular weight is 290 g/mol. The molecule has 0 saturated carbocycles. The van der Waals surface area contributed by atoms with Crippen LogP contribution in [0.25, 0.3) is 0 Å². The predicted octanol–water partition coefficient (Wildman–Crippen LogP) is 1.88. The Labute approximate surface area is 119 Å². The Bertz CT molecular complexity index is 655. The highest BCUT2D eigenvalue weighted by molar-refractivity contribution is 7.89. The minimum atomic E-state index is -3.50. The number of hydrogen-bond donors (Lipinski definition) is 2. The van der Waals surface area contributed by atoms with Gasteiger partial charge in [0, 0.05) is 13.1 Å². The van der Waals surface area contributed by atoms with Gasteiger partial charge < -0.3 is 5.32 Å². The Morgan fingerprint density at radius 1 is 0.900 bits per heavy atom. The average Bonchev–Trinajstić information content (AvgIpc) is 2.47. The van der Waals surface area contributed by atoms with Crippen LogP contribution in [0.4, 0.5) is 0 Å². The van der Waals surface area contributed by atoms with Gasteiger partial charge in [-0.05, 0) is 24.2 Å². The molecule has 0 atom stereocenters. The van der Waals surface area contributed by atoms with E-state index in [1.165, 1.54) is 0 Å². The molecule has 2 rings (SSSR count). The van der Waals surface area contributed by atoms with Crippen LogP contribution in [0.15, 0.2) is 59.5 Å². The SMILES string of the molecule is CNCc1ccccc1S(=O)(=O)NCc1ccccc1. The van der Waals surface area contributed by atoms with Crippen molar-refractivity contribution in [2.24, 2.45) is 0 Å². The van der Waals surface area contributed by atoms with E-state index in [1.54, 1.807) is 19.2 Å². The Morgan fingerprint density at radius 2 is 1.55 bits per heavy atom. The van der Waals surface area contributed by atoms with Crippen molar-refractivity contribution in [2.45, 2.75) is 18.0 Å². The molecule has 0 unspecified atom stereocenters. The molecule has 2 aromatic rings. The fraction of sp³-hybridized carbons (Fsp3) is 0.200. The molecule has 0 aliphatic carbocycles. The molecule has 5 heteroatoms. The Hall–Kier alpha value is -1.69. The van der Waals surface area contributed by atoms with Crippen LogP contribution in [0.1, 0.15) is 11.1 Å². The molecule has 0 aliphatic rings. The summed E-state index contributed by atoms with van der Waals surface area (Å²) >= 11 is 0. The van der Waals surface area contributed by atoms with Crippen LogP contribution in [0, 0.1) is 0 Å². The molecule has 2 aromatic carbocycles. The summed E-state index contributed by atoms with van der Waals surface area (Å²) in [7, 11) is -1.71. The molecule has 0 spiro atoms. The highest BCUT2D eigenvalue weighted by atomic mass is 32.2. The second-order valence-electron chi connectivity index (χ2n) is 4.45. The summed E-state index contributed by atoms with van der Waals surface area (Å²) < 4.78 is 27.4. The van der Waals surface area contributed by atoms with Gasteiger partial charge in [0.15, 0.2) is 0 Å². The van der Waals surface area contributed by atoms with Crippen LogP contribution < -0.4 is 10.0 Å². The van der Waals surface area contributed by atoms with Gasteiger partial charge in [-0.1, -0.05) is 48.5 Å². The van der Waals surface area contributed by atoms with E-state index in [0.29, 0.717) is 11.4 Å². The summed E-state index contributed by atoms with van der Waals surface area (Å²) in [6.07, 6.45) is 0. The van der Waals surface area contributed by atoms with Gasteiger partial charge in [-0.2, -0.15) is 0 Å². The van der Waals surface area contributed by atoms with Crippen LogP contribution >= 0.6 is 0 Å². The van der Waals surface area contributed by atoms with Gasteiger partial charge in [0.1, 0.15) is 0 Å². The lowest BCUT2D eigenvalue weighted by Gasteiger charge is -2.11. The van der Waals surface area contributed by atoms with Gasteiger partial charge >= 0.3 is 0 Å². The zero-order valence-electron chi connectivity index (χ0n) is 11.3. The summed E-state index contributed by atoms with van der Waals surface area (Å²) in [6.45, 7) is 0.805. The van der Waals surface area contributed by atoms with E-state index in [1.807, 2.05) is 42.5 Å². The van der Waals surface area contributed by atoms with Crippen LogP contribution in [-0.2, 0) is 23.1 Å². The maximum Gasteiger partial charge on any atom is 0.241 e. The Kier molecular flexibility index (Phi) is 4.89. The first-order valence-electron chi connectivity index (χ1n) is 6.39. The van der Waals surface area contributed by atoms with E-state index in [2.05, 4.69) is 10.0 Å². The summed E-state index contributed by atoms with van der Waals surface area (Å²) in [5.74, 6) is 0. The van der Waals surface area contributed by atoms with Gasteiger partial charge in [-0.25, -0.2) is 13.1 Å². The van der Waals surface area contributed by atoms with Crippen molar-refractivity contribution in [3.05, 3.63) is 65.7 Å². The first-order chi connectivity index (χ1) is 9.63. The van der Waals surface area contributed by atoms with Crippen LogP contribution in [-0.4, -0.2) is 15.5 Å². The van der Waals surface area contributed by atoms with Gasteiger partial charge in [-0.15, -0.1) is 0 Å². The van der Waals surface area contributed by atoms with Gasteiger partial charge in [0.2, 0.25) is 10.0 Å². The van der Waals surface area contributed by atoms with Crippen molar-refractivity contribution in [3.8, 4) is 0 Å². The van der Waals surface area contributed by atoms with Crippen LogP contribution in [0.3, 0.4) is 0 Å². The fourth-order valence-electron chi connectivity index (χ4n) is 1.95. The molecule has 0 heterocycles. The minimum absolute atomic E-state index is 0.289. The first-order valence-corrected chi connectivity index (χ1v) is 7.88. The van der Waals surface area contributed by atoms with E-state index >= 15 is 0 Å². The largest absolute Gasteiger partial charge is 0.316 e. The van der Waals surface area contributed by atoms with E-state index in [0.717, 1.165) is 11.1 Å². The molecule has 0 fully saturated rings. The third-order valence-electron chi connectivity index (χ3n) is 2.94. The highest BCUT2D eigenvalue weighted by Crippen LogP contribution is 2.15. The maximum atomic E-state index is 12.4. The van der Waals surface area contributed by atoms with E-state index < -0.39 is 10.0 Å². The molecule has 0 saturated heterocycles. The fourth-order valence-corrected chi connectivity index (χ4v) is 3.21. The standard InChI is InChI=1S/C15H18N2O2S/c1-16-12-14-9-5-6-10-15(14)20(18,19)17-11-13-7-3-2-4-8-13/h2-10,16-17H,11-12H2,1H3. The third kappa shape index (κ3) is 3.66.